The lowest BCUT2D eigenvalue weighted by Gasteiger charge is -2.35. The van der Waals surface area contributed by atoms with E-state index in [0.717, 1.165) is 30.0 Å². The van der Waals surface area contributed by atoms with Gasteiger partial charge in [-0.15, -0.1) is 0 Å². The van der Waals surface area contributed by atoms with Crippen LogP contribution in [-0.4, -0.2) is 50.8 Å². The number of aryl methyl sites for hydroxylation is 2. The summed E-state index contributed by atoms with van der Waals surface area (Å²) in [6.45, 7) is 7.74. The molecule has 0 unspecified atom stereocenters. The van der Waals surface area contributed by atoms with Crippen molar-refractivity contribution >= 4 is 5.91 Å². The van der Waals surface area contributed by atoms with Crippen molar-refractivity contribution in [2.45, 2.75) is 19.9 Å². The van der Waals surface area contributed by atoms with Gasteiger partial charge in [-0.2, -0.15) is 0 Å². The molecule has 2 aromatic rings. The predicted octanol–water partition coefficient (Wildman–Crippen LogP) is 3.12. The summed E-state index contributed by atoms with van der Waals surface area (Å²) in [6.07, 6.45) is 0. The van der Waals surface area contributed by atoms with Crippen LogP contribution in [0.4, 0.5) is 0 Å². The Labute approximate surface area is 161 Å². The molecule has 1 atom stereocenters. The molecule has 0 spiro atoms. The van der Waals surface area contributed by atoms with E-state index in [9.17, 15) is 4.79 Å². The zero-order chi connectivity index (χ0) is 19.2. The highest BCUT2D eigenvalue weighted by molar-refractivity contribution is 5.94. The van der Waals surface area contributed by atoms with Crippen molar-refractivity contribution in [2.24, 2.45) is 0 Å². The minimum Gasteiger partial charge on any atom is -0.497 e. The third kappa shape index (κ3) is 4.87. The summed E-state index contributed by atoms with van der Waals surface area (Å²) in [7, 11) is 1.67. The van der Waals surface area contributed by atoms with Gasteiger partial charge in [-0.1, -0.05) is 18.2 Å². The van der Waals surface area contributed by atoms with E-state index in [1.54, 1.807) is 7.11 Å². The summed E-state index contributed by atoms with van der Waals surface area (Å²) in [5.74, 6) is 0.783. The number of hydrogen-bond donors (Lipinski definition) is 1. The largest absolute Gasteiger partial charge is 0.497 e. The standard InChI is InChI=1S/C22H28N2O3/c1-16-7-8-19(13-17(16)2)22(25)23-15-21(24-9-11-27-12-10-24)18-5-4-6-20(14-18)26-3/h4-8,13-14,21H,9-12,15H2,1-3H3,(H,23,25)/t21-/m1/s1. The van der Waals surface area contributed by atoms with Gasteiger partial charge in [-0.05, 0) is 54.8 Å². The predicted molar refractivity (Wildman–Crippen MR) is 106 cm³/mol. The van der Waals surface area contributed by atoms with Gasteiger partial charge in [-0.25, -0.2) is 0 Å². The highest BCUT2D eigenvalue weighted by atomic mass is 16.5. The summed E-state index contributed by atoms with van der Waals surface area (Å²) in [4.78, 5) is 15.0. The molecule has 1 heterocycles. The van der Waals surface area contributed by atoms with Crippen molar-refractivity contribution in [2.75, 3.05) is 40.0 Å². The van der Waals surface area contributed by atoms with Crippen LogP contribution < -0.4 is 10.1 Å². The number of methoxy groups -OCH3 is 1. The van der Waals surface area contributed by atoms with E-state index in [0.29, 0.717) is 25.3 Å². The molecule has 0 aromatic heterocycles. The molecule has 0 radical (unpaired) electrons. The maximum absolute atomic E-state index is 12.7. The zero-order valence-corrected chi connectivity index (χ0v) is 16.3. The van der Waals surface area contributed by atoms with Gasteiger partial charge in [0.15, 0.2) is 0 Å². The third-order valence-electron chi connectivity index (χ3n) is 5.19. The fraction of sp³-hybridized carbons (Fsp3) is 0.409. The van der Waals surface area contributed by atoms with Crippen LogP contribution in [0.3, 0.4) is 0 Å². The highest BCUT2D eigenvalue weighted by Crippen LogP contribution is 2.25. The maximum atomic E-state index is 12.7. The average molecular weight is 368 g/mol. The Kier molecular flexibility index (Phi) is 6.48. The number of nitrogens with zero attached hydrogens (tertiary/aromatic N) is 1. The zero-order valence-electron chi connectivity index (χ0n) is 16.3. The summed E-state index contributed by atoms with van der Waals surface area (Å²) in [5.41, 5.74) is 4.15. The van der Waals surface area contributed by atoms with Gasteiger partial charge in [0.05, 0.1) is 26.4 Å². The summed E-state index contributed by atoms with van der Waals surface area (Å²) < 4.78 is 10.9. The molecule has 1 aliphatic heterocycles. The molecule has 0 bridgehead atoms. The SMILES string of the molecule is COc1cccc([C@@H](CNC(=O)c2ccc(C)c(C)c2)N2CCOCC2)c1. The van der Waals surface area contributed by atoms with Crippen LogP contribution in [0.1, 0.15) is 33.1 Å². The first-order chi connectivity index (χ1) is 13.1. The first kappa shape index (κ1) is 19.4. The Morgan fingerprint density at radius 3 is 2.63 bits per heavy atom. The van der Waals surface area contributed by atoms with Gasteiger partial charge in [0.25, 0.3) is 5.91 Å². The first-order valence-corrected chi connectivity index (χ1v) is 9.39. The van der Waals surface area contributed by atoms with Crippen molar-refractivity contribution in [1.82, 2.24) is 10.2 Å². The van der Waals surface area contributed by atoms with Crippen LogP contribution in [0.2, 0.25) is 0 Å². The molecule has 1 fully saturated rings. The minimum absolute atomic E-state index is 0.0424. The number of rotatable bonds is 6. The number of ether oxygens (including phenoxy) is 2. The average Bonchev–Trinajstić information content (AvgIpc) is 2.71. The van der Waals surface area contributed by atoms with E-state index < -0.39 is 0 Å². The van der Waals surface area contributed by atoms with Crippen LogP contribution in [0.5, 0.6) is 5.75 Å². The number of carbonyl (C=O) groups excluding carboxylic acids is 1. The van der Waals surface area contributed by atoms with Gasteiger partial charge in [0, 0.05) is 25.2 Å². The van der Waals surface area contributed by atoms with Gasteiger partial charge >= 0.3 is 0 Å². The van der Waals surface area contributed by atoms with Crippen molar-refractivity contribution in [3.05, 3.63) is 64.7 Å². The quantitative estimate of drug-likeness (QED) is 0.851. The van der Waals surface area contributed by atoms with Crippen LogP contribution in [0.15, 0.2) is 42.5 Å². The Bertz CT molecular complexity index is 785. The first-order valence-electron chi connectivity index (χ1n) is 9.39. The smallest absolute Gasteiger partial charge is 0.251 e. The second-order valence-corrected chi connectivity index (χ2v) is 6.95. The van der Waals surface area contributed by atoms with E-state index in [-0.39, 0.29) is 11.9 Å². The molecule has 1 N–H and O–H groups in total. The molecular formula is C22H28N2O3. The van der Waals surface area contributed by atoms with E-state index in [1.165, 1.54) is 5.56 Å². The van der Waals surface area contributed by atoms with Crippen LogP contribution in [-0.2, 0) is 4.74 Å². The molecule has 1 saturated heterocycles. The number of carbonyl (C=O) groups is 1. The molecule has 3 rings (SSSR count). The lowest BCUT2D eigenvalue weighted by Crippen LogP contribution is -2.43. The highest BCUT2D eigenvalue weighted by Gasteiger charge is 2.24. The Balaban J connectivity index is 1.76. The van der Waals surface area contributed by atoms with E-state index >= 15 is 0 Å². The Morgan fingerprint density at radius 2 is 1.93 bits per heavy atom. The van der Waals surface area contributed by atoms with Gasteiger partial charge < -0.3 is 14.8 Å². The second kappa shape index (κ2) is 9.02. The lowest BCUT2D eigenvalue weighted by atomic mass is 10.0. The molecule has 0 aliphatic carbocycles. The maximum Gasteiger partial charge on any atom is 0.251 e. The van der Waals surface area contributed by atoms with Crippen molar-refractivity contribution < 1.29 is 14.3 Å². The molecule has 5 heteroatoms. The number of nitrogens with one attached hydrogen (secondary N) is 1. The molecular weight excluding hydrogens is 340 g/mol. The molecule has 1 aliphatic rings. The summed E-state index contributed by atoms with van der Waals surface area (Å²) in [5, 5.41) is 3.12. The van der Waals surface area contributed by atoms with Crippen molar-refractivity contribution in [3.8, 4) is 5.75 Å². The van der Waals surface area contributed by atoms with Gasteiger partial charge in [0.2, 0.25) is 0 Å². The normalized spacial score (nSPS) is 16.0. The molecule has 27 heavy (non-hydrogen) atoms. The Hall–Kier alpha value is -2.37. The molecule has 5 nitrogen and oxygen atoms in total. The van der Waals surface area contributed by atoms with Crippen molar-refractivity contribution in [1.29, 1.82) is 0 Å². The Morgan fingerprint density at radius 1 is 1.15 bits per heavy atom. The van der Waals surface area contributed by atoms with E-state index in [2.05, 4.69) is 16.3 Å². The second-order valence-electron chi connectivity index (χ2n) is 6.95. The minimum atomic E-state index is -0.0424. The summed E-state index contributed by atoms with van der Waals surface area (Å²) in [6, 6.07) is 14.0. The van der Waals surface area contributed by atoms with Crippen LogP contribution in [0.25, 0.3) is 0 Å². The van der Waals surface area contributed by atoms with Gasteiger partial charge in [-0.3, -0.25) is 9.69 Å². The monoisotopic (exact) mass is 368 g/mol. The van der Waals surface area contributed by atoms with Crippen LogP contribution >= 0.6 is 0 Å². The van der Waals surface area contributed by atoms with Crippen LogP contribution in [0, 0.1) is 13.8 Å². The number of benzene rings is 2. The number of amides is 1. The molecule has 144 valence electrons. The fourth-order valence-electron chi connectivity index (χ4n) is 3.37. The van der Waals surface area contributed by atoms with E-state index in [1.807, 2.05) is 50.2 Å². The number of morpholine rings is 1. The van der Waals surface area contributed by atoms with E-state index in [4.69, 9.17) is 9.47 Å². The summed E-state index contributed by atoms with van der Waals surface area (Å²) >= 11 is 0. The van der Waals surface area contributed by atoms with Gasteiger partial charge in [0.1, 0.15) is 5.75 Å². The van der Waals surface area contributed by atoms with Crippen molar-refractivity contribution in [3.63, 3.8) is 0 Å². The lowest BCUT2D eigenvalue weighted by molar-refractivity contribution is 0.0162. The fourth-order valence-corrected chi connectivity index (χ4v) is 3.37. The number of hydrogen-bond acceptors (Lipinski definition) is 4. The topological polar surface area (TPSA) is 50.8 Å². The third-order valence-corrected chi connectivity index (χ3v) is 5.19. The molecule has 1 amide bonds. The molecule has 0 saturated carbocycles. The molecule has 2 aromatic carbocycles.